The van der Waals surface area contributed by atoms with Crippen molar-refractivity contribution in [3.05, 3.63) is 29.3 Å². The Morgan fingerprint density at radius 1 is 1.50 bits per heavy atom. The van der Waals surface area contributed by atoms with Crippen molar-refractivity contribution < 1.29 is 15.0 Å². The van der Waals surface area contributed by atoms with Crippen molar-refractivity contribution in [2.24, 2.45) is 0 Å². The van der Waals surface area contributed by atoms with Crippen LogP contribution in [-0.4, -0.2) is 33.8 Å². The van der Waals surface area contributed by atoms with Gasteiger partial charge in [0.1, 0.15) is 5.75 Å². The quantitative estimate of drug-likeness (QED) is 0.865. The van der Waals surface area contributed by atoms with Crippen molar-refractivity contribution >= 4 is 6.09 Å². The van der Waals surface area contributed by atoms with E-state index in [2.05, 4.69) is 0 Å². The number of fused-ring (bicyclic) bond motifs is 1. The third-order valence-corrected chi connectivity index (χ3v) is 3.58. The molecule has 0 aromatic heterocycles. The molecule has 0 saturated heterocycles. The lowest BCUT2D eigenvalue weighted by Gasteiger charge is -2.33. The molecule has 1 amide bonds. The van der Waals surface area contributed by atoms with Crippen LogP contribution in [-0.2, 0) is 12.8 Å². The van der Waals surface area contributed by atoms with Crippen LogP contribution in [0.25, 0.3) is 0 Å². The predicted molar refractivity (Wildman–Crippen MR) is 68.9 cm³/mol. The summed E-state index contributed by atoms with van der Waals surface area (Å²) in [6.45, 7) is 2.56. The second kappa shape index (κ2) is 5.29. The van der Waals surface area contributed by atoms with Gasteiger partial charge in [0.25, 0.3) is 0 Å². The topological polar surface area (TPSA) is 60.8 Å². The molecule has 0 fully saturated rings. The van der Waals surface area contributed by atoms with Gasteiger partial charge in [-0.05, 0) is 42.9 Å². The Labute approximate surface area is 107 Å². The van der Waals surface area contributed by atoms with Crippen LogP contribution in [0.1, 0.15) is 30.9 Å². The molecule has 0 heterocycles. The van der Waals surface area contributed by atoms with Gasteiger partial charge in [-0.3, -0.25) is 0 Å². The fourth-order valence-corrected chi connectivity index (χ4v) is 2.71. The van der Waals surface area contributed by atoms with E-state index in [-0.39, 0.29) is 6.04 Å². The Hall–Kier alpha value is -1.71. The summed E-state index contributed by atoms with van der Waals surface area (Å²) in [4.78, 5) is 12.8. The number of hydrogen-bond donors (Lipinski definition) is 2. The van der Waals surface area contributed by atoms with E-state index in [0.717, 1.165) is 30.4 Å². The first kappa shape index (κ1) is 12.7. The van der Waals surface area contributed by atoms with Crippen LogP contribution in [0.5, 0.6) is 5.75 Å². The van der Waals surface area contributed by atoms with E-state index in [1.807, 2.05) is 19.1 Å². The summed E-state index contributed by atoms with van der Waals surface area (Å²) in [7, 11) is 0. The van der Waals surface area contributed by atoms with Gasteiger partial charge in [0.2, 0.25) is 0 Å². The lowest BCUT2D eigenvalue weighted by atomic mass is 9.87. The minimum Gasteiger partial charge on any atom is -0.508 e. The molecule has 1 atom stereocenters. The molecule has 0 unspecified atom stereocenters. The van der Waals surface area contributed by atoms with Crippen LogP contribution in [0, 0.1) is 0 Å². The van der Waals surface area contributed by atoms with Crippen molar-refractivity contribution in [1.29, 1.82) is 0 Å². The highest BCUT2D eigenvalue weighted by Gasteiger charge is 2.27. The molecule has 2 N–H and O–H groups in total. The van der Waals surface area contributed by atoms with Crippen LogP contribution in [0.15, 0.2) is 18.2 Å². The second-order valence-corrected chi connectivity index (χ2v) is 4.79. The van der Waals surface area contributed by atoms with Crippen molar-refractivity contribution in [2.75, 3.05) is 6.54 Å². The van der Waals surface area contributed by atoms with E-state index >= 15 is 0 Å². The summed E-state index contributed by atoms with van der Waals surface area (Å²) in [5, 5.41) is 19.0. The maximum atomic E-state index is 11.2. The van der Waals surface area contributed by atoms with Gasteiger partial charge < -0.3 is 15.1 Å². The van der Waals surface area contributed by atoms with Crippen LogP contribution >= 0.6 is 0 Å². The summed E-state index contributed by atoms with van der Waals surface area (Å²) in [5.41, 5.74) is 2.06. The van der Waals surface area contributed by atoms with Gasteiger partial charge in [-0.2, -0.15) is 0 Å². The molecular formula is C14H19NO3. The lowest BCUT2D eigenvalue weighted by Crippen LogP contribution is -2.43. The van der Waals surface area contributed by atoms with E-state index in [9.17, 15) is 15.0 Å². The monoisotopic (exact) mass is 249 g/mol. The highest BCUT2D eigenvalue weighted by atomic mass is 16.4. The number of phenols is 1. The van der Waals surface area contributed by atoms with E-state index in [1.54, 1.807) is 6.07 Å². The molecule has 0 aliphatic heterocycles. The van der Waals surface area contributed by atoms with Gasteiger partial charge in [-0.1, -0.05) is 19.1 Å². The molecule has 2 rings (SSSR count). The van der Waals surface area contributed by atoms with Crippen LogP contribution in [0.2, 0.25) is 0 Å². The number of aromatic hydroxyl groups is 1. The minimum atomic E-state index is -0.842. The minimum absolute atomic E-state index is 0.0387. The molecule has 98 valence electrons. The molecule has 1 aromatic carbocycles. The SMILES string of the molecule is CCCN(C(=O)O)[C@H]1CCc2c(O)cccc2C1. The number of hydrogen-bond acceptors (Lipinski definition) is 2. The third kappa shape index (κ3) is 2.42. The molecular weight excluding hydrogens is 230 g/mol. The Morgan fingerprint density at radius 3 is 2.94 bits per heavy atom. The number of benzene rings is 1. The van der Waals surface area contributed by atoms with Crippen LogP contribution in [0.4, 0.5) is 4.79 Å². The maximum Gasteiger partial charge on any atom is 0.407 e. The standard InChI is InChI=1S/C14H19NO3/c1-2-8-15(14(17)18)11-6-7-12-10(9-11)4-3-5-13(12)16/h3-5,11,16H,2,6-9H2,1H3,(H,17,18)/t11-/m0/s1. The number of nitrogens with zero attached hydrogens (tertiary/aromatic N) is 1. The van der Waals surface area contributed by atoms with Gasteiger partial charge in [0.15, 0.2) is 0 Å². The molecule has 4 nitrogen and oxygen atoms in total. The molecule has 0 bridgehead atoms. The molecule has 0 spiro atoms. The Balaban J connectivity index is 2.18. The number of carbonyl (C=O) groups is 1. The summed E-state index contributed by atoms with van der Waals surface area (Å²) in [6.07, 6.45) is 2.23. The van der Waals surface area contributed by atoms with Gasteiger partial charge in [0.05, 0.1) is 0 Å². The van der Waals surface area contributed by atoms with Crippen molar-refractivity contribution in [1.82, 2.24) is 4.90 Å². The van der Waals surface area contributed by atoms with E-state index in [4.69, 9.17) is 0 Å². The average Bonchev–Trinajstić information content (AvgIpc) is 2.35. The van der Waals surface area contributed by atoms with Crippen molar-refractivity contribution in [3.8, 4) is 5.75 Å². The first-order valence-corrected chi connectivity index (χ1v) is 6.42. The van der Waals surface area contributed by atoms with E-state index < -0.39 is 6.09 Å². The second-order valence-electron chi connectivity index (χ2n) is 4.79. The zero-order chi connectivity index (χ0) is 13.1. The summed E-state index contributed by atoms with van der Waals surface area (Å²) >= 11 is 0. The first-order chi connectivity index (χ1) is 8.63. The van der Waals surface area contributed by atoms with Crippen LogP contribution in [0.3, 0.4) is 0 Å². The fourth-order valence-electron chi connectivity index (χ4n) is 2.71. The lowest BCUT2D eigenvalue weighted by molar-refractivity contribution is 0.119. The molecule has 0 radical (unpaired) electrons. The first-order valence-electron chi connectivity index (χ1n) is 6.42. The number of phenolic OH excluding ortho intramolecular Hbond substituents is 1. The molecule has 18 heavy (non-hydrogen) atoms. The molecule has 4 heteroatoms. The molecule has 1 aromatic rings. The molecule has 1 aliphatic carbocycles. The van der Waals surface area contributed by atoms with Crippen molar-refractivity contribution in [2.45, 2.75) is 38.6 Å². The summed E-state index contributed by atoms with van der Waals surface area (Å²) in [6, 6.07) is 5.53. The fraction of sp³-hybridized carbons (Fsp3) is 0.500. The number of rotatable bonds is 3. The largest absolute Gasteiger partial charge is 0.508 e. The van der Waals surface area contributed by atoms with Crippen molar-refractivity contribution in [3.63, 3.8) is 0 Å². The molecule has 1 aliphatic rings. The zero-order valence-corrected chi connectivity index (χ0v) is 10.6. The summed E-state index contributed by atoms with van der Waals surface area (Å²) in [5.74, 6) is 0.336. The van der Waals surface area contributed by atoms with E-state index in [1.165, 1.54) is 4.90 Å². The van der Waals surface area contributed by atoms with Crippen LogP contribution < -0.4 is 0 Å². The number of amides is 1. The highest BCUT2D eigenvalue weighted by Crippen LogP contribution is 2.30. The summed E-state index contributed by atoms with van der Waals surface area (Å²) < 4.78 is 0. The average molecular weight is 249 g/mol. The zero-order valence-electron chi connectivity index (χ0n) is 10.6. The maximum absolute atomic E-state index is 11.2. The van der Waals surface area contributed by atoms with Gasteiger partial charge in [-0.25, -0.2) is 4.79 Å². The van der Waals surface area contributed by atoms with Gasteiger partial charge in [0, 0.05) is 12.6 Å². The van der Waals surface area contributed by atoms with Gasteiger partial charge >= 0.3 is 6.09 Å². The smallest absolute Gasteiger partial charge is 0.407 e. The highest BCUT2D eigenvalue weighted by molar-refractivity contribution is 5.65. The predicted octanol–water partition coefficient (Wildman–Crippen LogP) is 2.64. The normalized spacial score (nSPS) is 18.2. The van der Waals surface area contributed by atoms with E-state index in [0.29, 0.717) is 18.7 Å². The third-order valence-electron chi connectivity index (χ3n) is 3.58. The number of carboxylic acid groups (broad SMARTS) is 1. The molecule has 0 saturated carbocycles. The Morgan fingerprint density at radius 2 is 2.28 bits per heavy atom. The van der Waals surface area contributed by atoms with Gasteiger partial charge in [-0.15, -0.1) is 0 Å². The Bertz CT molecular complexity index is 445. The Kier molecular flexibility index (Phi) is 3.75.